The van der Waals surface area contributed by atoms with Gasteiger partial charge in [-0.25, -0.2) is 0 Å². The second-order valence-electron chi connectivity index (χ2n) is 9.77. The Bertz CT molecular complexity index is 790. The number of esters is 2. The summed E-state index contributed by atoms with van der Waals surface area (Å²) in [6.45, 7) is 9.42. The molecule has 0 aliphatic heterocycles. The Hall–Kier alpha value is -1.86. The second-order valence-corrected chi connectivity index (χ2v) is 15.4. The van der Waals surface area contributed by atoms with E-state index in [0.29, 0.717) is 13.2 Å². The number of carbonyl (C=O) groups is 2. The predicted molar refractivity (Wildman–Crippen MR) is 118 cm³/mol. The van der Waals surface area contributed by atoms with Gasteiger partial charge in [-0.2, -0.15) is 0 Å². The zero-order chi connectivity index (χ0) is 22.1. The number of fused-ring (bicyclic) bond motifs is 2. The summed E-state index contributed by atoms with van der Waals surface area (Å²) in [7, 11) is 0.545. The molecule has 4 rings (SSSR count). The maximum Gasteiger partial charge on any atom is 0.310 e. The molecule has 2 unspecified atom stereocenters. The minimum Gasteiger partial charge on any atom is -0.508 e. The Morgan fingerprint density at radius 2 is 1.77 bits per heavy atom. The maximum atomic E-state index is 13.2. The fraction of sp³-hybridized carbons (Fsp3) is 0.652. The number of carbonyl (C=O) groups excluding carboxylic acids is 2. The average molecular weight is 434 g/mol. The van der Waals surface area contributed by atoms with Gasteiger partial charge in [0.25, 0.3) is 0 Å². The summed E-state index contributed by atoms with van der Waals surface area (Å²) in [5, 5.41) is 13.4. The maximum absolute atomic E-state index is 13.2. The van der Waals surface area contributed by atoms with E-state index in [1.54, 1.807) is 12.1 Å². The fourth-order valence-corrected chi connectivity index (χ4v) is 5.68. The first-order chi connectivity index (χ1) is 14.2. The lowest BCUT2D eigenvalue weighted by atomic mass is 9.54. The van der Waals surface area contributed by atoms with E-state index < -0.39 is 19.9 Å². The van der Waals surface area contributed by atoms with Crippen molar-refractivity contribution in [3.05, 3.63) is 29.3 Å². The minimum absolute atomic E-state index is 0.0366. The van der Waals surface area contributed by atoms with Crippen LogP contribution in [0.5, 0.6) is 5.75 Å². The van der Waals surface area contributed by atoms with Crippen LogP contribution in [0.1, 0.15) is 42.7 Å². The van der Waals surface area contributed by atoms with Crippen LogP contribution in [0.15, 0.2) is 18.2 Å². The fourth-order valence-electron chi connectivity index (χ4n) is 4.96. The van der Waals surface area contributed by atoms with Crippen LogP contribution in [0.3, 0.4) is 0 Å². The monoisotopic (exact) mass is 433 g/mol. The number of aromatic hydroxyl groups is 1. The van der Waals surface area contributed by atoms with E-state index in [1.165, 1.54) is 0 Å². The number of benzene rings is 1. The van der Waals surface area contributed by atoms with Crippen molar-refractivity contribution in [2.45, 2.75) is 63.3 Å². The molecule has 7 heteroatoms. The van der Waals surface area contributed by atoms with Crippen molar-refractivity contribution in [3.63, 3.8) is 0 Å². The van der Waals surface area contributed by atoms with E-state index >= 15 is 0 Å². The summed E-state index contributed by atoms with van der Waals surface area (Å²) in [5.41, 5.74) is 1.98. The zero-order valence-corrected chi connectivity index (χ0v) is 19.7. The molecule has 2 bridgehead atoms. The Morgan fingerprint density at radius 3 is 2.40 bits per heavy atom. The third kappa shape index (κ3) is 4.57. The number of hydrogen-bond donors (Lipinski definition) is 2. The minimum atomic E-state index is -1.33. The van der Waals surface area contributed by atoms with E-state index in [-0.39, 0.29) is 35.6 Å². The molecule has 6 nitrogen and oxygen atoms in total. The molecule has 3 aliphatic rings. The van der Waals surface area contributed by atoms with Crippen LogP contribution in [-0.2, 0) is 19.1 Å². The Labute approximate surface area is 180 Å². The molecular weight excluding hydrogens is 398 g/mol. The van der Waals surface area contributed by atoms with Crippen molar-refractivity contribution in [2.75, 3.05) is 20.3 Å². The van der Waals surface area contributed by atoms with Gasteiger partial charge >= 0.3 is 11.9 Å². The van der Waals surface area contributed by atoms with E-state index in [1.807, 2.05) is 20.0 Å². The van der Waals surface area contributed by atoms with Crippen LogP contribution in [0.25, 0.3) is 0 Å². The van der Waals surface area contributed by atoms with Crippen LogP contribution >= 0.6 is 0 Å². The van der Waals surface area contributed by atoms with E-state index in [9.17, 15) is 14.7 Å². The zero-order valence-electron chi connectivity index (χ0n) is 18.7. The highest BCUT2D eigenvalue weighted by atomic mass is 28.3. The van der Waals surface area contributed by atoms with Crippen LogP contribution in [0.2, 0.25) is 25.7 Å². The molecule has 30 heavy (non-hydrogen) atoms. The molecule has 0 saturated heterocycles. The first-order valence-corrected chi connectivity index (χ1v) is 14.7. The van der Waals surface area contributed by atoms with Crippen LogP contribution in [0, 0.1) is 11.8 Å². The molecule has 1 fully saturated rings. The van der Waals surface area contributed by atoms with Crippen molar-refractivity contribution in [2.24, 2.45) is 11.8 Å². The Kier molecular flexibility index (Phi) is 6.92. The highest BCUT2D eigenvalue weighted by Crippen LogP contribution is 2.56. The SMILES string of the molecule is CCCOC(=O)[C@H]1[C@H](C(=O)OCC[Si](C)(C)C)C2CC(NC)[C@H]1c1cc(O)ccc12. The standard InChI is InChI=1S/C23H35NO5Si/c1-6-9-28-23(27)21-19-16-12-14(25)7-8-15(16)17(13-18(19)24-2)20(21)22(26)29-10-11-30(3,4)5/h7-8,12,17-21,24-25H,6,9-11,13H2,1-5H3/t17?,18?,19-,20-,21-/m1/s1. The number of rotatable bonds is 8. The average Bonchev–Trinajstić information content (AvgIpc) is 2.69. The molecule has 0 heterocycles. The first-order valence-electron chi connectivity index (χ1n) is 11.0. The molecule has 1 aromatic carbocycles. The Balaban J connectivity index is 1.96. The van der Waals surface area contributed by atoms with Crippen molar-refractivity contribution >= 4 is 20.0 Å². The van der Waals surface area contributed by atoms with Gasteiger partial charge in [-0.15, -0.1) is 0 Å². The van der Waals surface area contributed by atoms with Gasteiger partial charge in [0.1, 0.15) is 5.75 Å². The summed E-state index contributed by atoms with van der Waals surface area (Å²) in [4.78, 5) is 26.4. The van der Waals surface area contributed by atoms with Gasteiger partial charge in [0.15, 0.2) is 0 Å². The largest absolute Gasteiger partial charge is 0.508 e. The molecule has 1 aromatic rings. The second kappa shape index (κ2) is 9.10. The lowest BCUT2D eigenvalue weighted by molar-refractivity contribution is -0.166. The van der Waals surface area contributed by atoms with Crippen molar-refractivity contribution in [1.82, 2.24) is 5.32 Å². The number of ether oxygens (including phenoxy) is 2. The molecule has 5 atom stereocenters. The van der Waals surface area contributed by atoms with Gasteiger partial charge in [0, 0.05) is 20.0 Å². The van der Waals surface area contributed by atoms with E-state index in [4.69, 9.17) is 9.47 Å². The van der Waals surface area contributed by atoms with Gasteiger partial charge in [0.2, 0.25) is 0 Å². The summed E-state index contributed by atoms with van der Waals surface area (Å²) >= 11 is 0. The molecule has 166 valence electrons. The van der Waals surface area contributed by atoms with Crippen LogP contribution in [0.4, 0.5) is 0 Å². The van der Waals surface area contributed by atoms with Gasteiger partial charge in [-0.05, 0) is 55.1 Å². The number of hydrogen-bond acceptors (Lipinski definition) is 6. The molecule has 0 aromatic heterocycles. The highest BCUT2D eigenvalue weighted by Gasteiger charge is 2.57. The smallest absolute Gasteiger partial charge is 0.310 e. The summed E-state index contributed by atoms with van der Waals surface area (Å²) in [6.07, 6.45) is 1.48. The highest BCUT2D eigenvalue weighted by molar-refractivity contribution is 6.76. The number of phenolic OH excluding ortho intramolecular Hbond substituents is 1. The molecule has 2 N–H and O–H groups in total. The van der Waals surface area contributed by atoms with E-state index in [2.05, 4.69) is 25.0 Å². The number of phenols is 1. The van der Waals surface area contributed by atoms with Gasteiger partial charge < -0.3 is 19.9 Å². The summed E-state index contributed by atoms with van der Waals surface area (Å²) in [5.74, 6) is -2.00. The molecule has 1 saturated carbocycles. The number of likely N-dealkylation sites (N-methyl/N-ethyl adjacent to an activating group) is 1. The van der Waals surface area contributed by atoms with E-state index in [0.717, 1.165) is 30.0 Å². The van der Waals surface area contributed by atoms with Crippen molar-refractivity contribution in [3.8, 4) is 5.75 Å². The normalized spacial score (nSPS) is 27.4. The third-order valence-electron chi connectivity index (χ3n) is 6.44. The van der Waals surface area contributed by atoms with Crippen molar-refractivity contribution in [1.29, 1.82) is 0 Å². The molecular formula is C23H35NO5Si. The topological polar surface area (TPSA) is 84.9 Å². The first kappa shape index (κ1) is 22.8. The molecule has 0 radical (unpaired) electrons. The molecule has 3 aliphatic carbocycles. The van der Waals surface area contributed by atoms with Gasteiger partial charge in [0.05, 0.1) is 25.0 Å². The third-order valence-corrected chi connectivity index (χ3v) is 8.14. The van der Waals surface area contributed by atoms with Crippen LogP contribution < -0.4 is 5.32 Å². The quantitative estimate of drug-likeness (QED) is 0.481. The van der Waals surface area contributed by atoms with Gasteiger partial charge in [-0.3, -0.25) is 9.59 Å². The predicted octanol–water partition coefficient (Wildman–Crippen LogP) is 3.63. The lowest BCUT2D eigenvalue weighted by Gasteiger charge is -2.51. The number of nitrogens with one attached hydrogen (secondary N) is 1. The molecule has 0 spiro atoms. The van der Waals surface area contributed by atoms with Crippen LogP contribution in [-0.4, -0.2) is 51.4 Å². The Morgan fingerprint density at radius 1 is 1.10 bits per heavy atom. The van der Waals surface area contributed by atoms with Gasteiger partial charge in [-0.1, -0.05) is 32.6 Å². The summed E-state index contributed by atoms with van der Waals surface area (Å²) < 4.78 is 11.3. The van der Waals surface area contributed by atoms with Crippen molar-refractivity contribution < 1.29 is 24.2 Å². The molecule has 0 amide bonds. The summed E-state index contributed by atoms with van der Waals surface area (Å²) in [6, 6.07) is 6.22. The lowest BCUT2D eigenvalue weighted by Crippen LogP contribution is -2.55.